The van der Waals surface area contributed by atoms with E-state index in [4.69, 9.17) is 4.74 Å². The number of hydrogen-bond donors (Lipinski definition) is 0. The summed E-state index contributed by atoms with van der Waals surface area (Å²) in [5.74, 6) is 0.354. The van der Waals surface area contributed by atoms with Crippen LogP contribution in [0.5, 0.6) is 5.75 Å². The lowest BCUT2D eigenvalue weighted by atomic mass is 10.1. The van der Waals surface area contributed by atoms with Crippen LogP contribution in [0.1, 0.15) is 23.7 Å². The Morgan fingerprint density at radius 2 is 2.13 bits per heavy atom. The van der Waals surface area contributed by atoms with Crippen molar-refractivity contribution >= 4 is 28.7 Å². The van der Waals surface area contributed by atoms with Crippen molar-refractivity contribution in [3.05, 3.63) is 28.1 Å². The van der Waals surface area contributed by atoms with Gasteiger partial charge in [-0.05, 0) is 45.9 Å². The van der Waals surface area contributed by atoms with Crippen LogP contribution in [-0.4, -0.2) is 29.3 Å². The number of hydrogen-bond acceptors (Lipinski definition) is 5. The molecule has 1 amide bonds. The number of Topliss-reactive ketones (excluding diaryl/α,β-unsaturated/α-hetero) is 1. The van der Waals surface area contributed by atoms with Gasteiger partial charge in [0.2, 0.25) is 0 Å². The molecule has 1 atom stereocenters. The van der Waals surface area contributed by atoms with Crippen LogP contribution < -0.4 is 9.64 Å². The van der Waals surface area contributed by atoms with Gasteiger partial charge >= 0.3 is 0 Å². The van der Waals surface area contributed by atoms with Crippen molar-refractivity contribution < 1.29 is 14.3 Å². The van der Waals surface area contributed by atoms with Gasteiger partial charge in [0.1, 0.15) is 11.5 Å². The third kappa shape index (κ3) is 2.86. The summed E-state index contributed by atoms with van der Waals surface area (Å²) in [6.45, 7) is 7.22. The molecular weight excluding hydrogens is 312 g/mol. The Bertz CT molecular complexity index is 797. The summed E-state index contributed by atoms with van der Waals surface area (Å²) in [7, 11) is 0. The zero-order valence-corrected chi connectivity index (χ0v) is 14.4. The maximum Gasteiger partial charge on any atom is 0.268 e. The summed E-state index contributed by atoms with van der Waals surface area (Å²) >= 11 is 1.64. The van der Waals surface area contributed by atoms with E-state index in [9.17, 15) is 9.59 Å². The Balaban J connectivity index is 2.10. The van der Waals surface area contributed by atoms with Crippen LogP contribution in [0.4, 0.5) is 5.69 Å². The molecule has 0 fully saturated rings. The Labute approximate surface area is 138 Å². The predicted octanol–water partition coefficient (Wildman–Crippen LogP) is 3.13. The van der Waals surface area contributed by atoms with E-state index in [0.717, 1.165) is 21.1 Å². The van der Waals surface area contributed by atoms with E-state index in [0.29, 0.717) is 11.4 Å². The van der Waals surface area contributed by atoms with Gasteiger partial charge in [0, 0.05) is 10.4 Å². The molecule has 2 aromatic rings. The van der Waals surface area contributed by atoms with Gasteiger partial charge in [0.15, 0.2) is 6.10 Å². The lowest BCUT2D eigenvalue weighted by Gasteiger charge is -2.32. The summed E-state index contributed by atoms with van der Waals surface area (Å²) in [5, 5.41) is 0.997. The molecule has 1 aliphatic heterocycles. The number of thiazole rings is 1. The van der Waals surface area contributed by atoms with Crippen LogP contribution in [0.25, 0.3) is 11.3 Å². The summed E-state index contributed by atoms with van der Waals surface area (Å²) in [6, 6.07) is 5.66. The molecule has 0 aliphatic carbocycles. The monoisotopic (exact) mass is 330 g/mol. The number of aryl methyl sites for hydroxylation is 2. The molecule has 0 N–H and O–H groups in total. The lowest BCUT2D eigenvalue weighted by molar-refractivity contribution is -0.127. The van der Waals surface area contributed by atoms with Crippen molar-refractivity contribution in [1.29, 1.82) is 0 Å². The zero-order valence-electron chi connectivity index (χ0n) is 13.5. The molecule has 0 saturated heterocycles. The molecule has 0 bridgehead atoms. The highest BCUT2D eigenvalue weighted by Crippen LogP contribution is 2.38. The normalized spacial score (nSPS) is 17.0. The number of ketones is 1. The second kappa shape index (κ2) is 5.77. The SMILES string of the molecule is CC(=O)CN1C(=O)C(C)Oc2ccc(-c3nc(C)sc3C)cc21. The summed E-state index contributed by atoms with van der Waals surface area (Å²) in [6.07, 6.45) is -0.587. The van der Waals surface area contributed by atoms with Crippen LogP contribution in [0.2, 0.25) is 0 Å². The molecule has 5 nitrogen and oxygen atoms in total. The van der Waals surface area contributed by atoms with Gasteiger partial charge in [-0.1, -0.05) is 0 Å². The van der Waals surface area contributed by atoms with Crippen LogP contribution in [0.15, 0.2) is 18.2 Å². The van der Waals surface area contributed by atoms with Crippen molar-refractivity contribution in [3.8, 4) is 17.0 Å². The number of carbonyl (C=O) groups is 2. The molecule has 1 aromatic heterocycles. The highest BCUT2D eigenvalue weighted by atomic mass is 32.1. The third-order valence-corrected chi connectivity index (χ3v) is 4.61. The minimum atomic E-state index is -0.587. The molecule has 120 valence electrons. The summed E-state index contributed by atoms with van der Waals surface area (Å²) in [4.78, 5) is 31.1. The number of rotatable bonds is 3. The van der Waals surface area contributed by atoms with E-state index in [1.807, 2.05) is 32.0 Å². The minimum Gasteiger partial charge on any atom is -0.479 e. The summed E-state index contributed by atoms with van der Waals surface area (Å²) < 4.78 is 5.66. The molecule has 6 heteroatoms. The van der Waals surface area contributed by atoms with E-state index in [1.165, 1.54) is 11.8 Å². The lowest BCUT2D eigenvalue weighted by Crippen LogP contribution is -2.46. The van der Waals surface area contributed by atoms with Gasteiger partial charge in [-0.15, -0.1) is 11.3 Å². The molecule has 2 heterocycles. The molecule has 0 saturated carbocycles. The molecule has 0 spiro atoms. The van der Waals surface area contributed by atoms with E-state index >= 15 is 0 Å². The van der Waals surface area contributed by atoms with Crippen molar-refractivity contribution in [2.45, 2.75) is 33.8 Å². The standard InChI is InChI=1S/C17H18N2O3S/c1-9(20)8-19-14-7-13(16-11(3)23-12(4)18-16)5-6-15(14)22-10(2)17(19)21/h5-7,10H,8H2,1-4H3. The van der Waals surface area contributed by atoms with Crippen molar-refractivity contribution in [3.63, 3.8) is 0 Å². The van der Waals surface area contributed by atoms with Gasteiger partial charge in [0.05, 0.1) is 22.9 Å². The maximum atomic E-state index is 12.4. The second-order valence-corrected chi connectivity index (χ2v) is 7.11. The molecule has 1 aliphatic rings. The average Bonchev–Trinajstić information content (AvgIpc) is 2.82. The predicted molar refractivity (Wildman–Crippen MR) is 90.1 cm³/mol. The maximum absolute atomic E-state index is 12.4. The number of amides is 1. The number of aromatic nitrogens is 1. The molecule has 1 aromatic carbocycles. The number of benzene rings is 1. The number of fused-ring (bicyclic) bond motifs is 1. The fourth-order valence-electron chi connectivity index (χ4n) is 2.74. The number of anilines is 1. The highest BCUT2D eigenvalue weighted by molar-refractivity contribution is 7.11. The van der Waals surface area contributed by atoms with Crippen molar-refractivity contribution in [2.24, 2.45) is 0 Å². The Kier molecular flexibility index (Phi) is 3.93. The number of ether oxygens (including phenoxy) is 1. The fourth-order valence-corrected chi connectivity index (χ4v) is 3.58. The molecule has 3 rings (SSSR count). The number of nitrogens with zero attached hydrogens (tertiary/aromatic N) is 2. The number of carbonyl (C=O) groups excluding carboxylic acids is 2. The van der Waals surface area contributed by atoms with Gasteiger partial charge in [-0.2, -0.15) is 0 Å². The van der Waals surface area contributed by atoms with Crippen LogP contribution in [0.3, 0.4) is 0 Å². The summed E-state index contributed by atoms with van der Waals surface area (Å²) in [5.41, 5.74) is 2.46. The Morgan fingerprint density at radius 3 is 2.74 bits per heavy atom. The fraction of sp³-hybridized carbons (Fsp3) is 0.353. The quantitative estimate of drug-likeness (QED) is 0.867. The van der Waals surface area contributed by atoms with Crippen LogP contribution >= 0.6 is 11.3 Å². The Hall–Kier alpha value is -2.21. The third-order valence-electron chi connectivity index (χ3n) is 3.73. The van der Waals surface area contributed by atoms with Gasteiger partial charge in [0.25, 0.3) is 5.91 Å². The second-order valence-electron chi connectivity index (χ2n) is 5.71. The first kappa shape index (κ1) is 15.7. The first-order valence-corrected chi connectivity index (χ1v) is 8.24. The average molecular weight is 330 g/mol. The van der Waals surface area contributed by atoms with Crippen LogP contribution in [-0.2, 0) is 9.59 Å². The van der Waals surface area contributed by atoms with Gasteiger partial charge in [-0.3, -0.25) is 14.5 Å². The zero-order chi connectivity index (χ0) is 16.7. The first-order chi connectivity index (χ1) is 10.9. The van der Waals surface area contributed by atoms with E-state index in [2.05, 4.69) is 4.98 Å². The van der Waals surface area contributed by atoms with E-state index in [1.54, 1.807) is 18.3 Å². The topological polar surface area (TPSA) is 59.5 Å². The Morgan fingerprint density at radius 1 is 1.39 bits per heavy atom. The van der Waals surface area contributed by atoms with E-state index in [-0.39, 0.29) is 18.2 Å². The first-order valence-electron chi connectivity index (χ1n) is 7.42. The van der Waals surface area contributed by atoms with Crippen LogP contribution in [0, 0.1) is 13.8 Å². The molecule has 1 unspecified atom stereocenters. The van der Waals surface area contributed by atoms with Crippen molar-refractivity contribution in [1.82, 2.24) is 4.98 Å². The largest absolute Gasteiger partial charge is 0.479 e. The van der Waals surface area contributed by atoms with Gasteiger partial charge in [-0.25, -0.2) is 4.98 Å². The van der Waals surface area contributed by atoms with Crippen molar-refractivity contribution in [2.75, 3.05) is 11.4 Å². The molecular formula is C17H18N2O3S. The van der Waals surface area contributed by atoms with E-state index < -0.39 is 6.10 Å². The highest BCUT2D eigenvalue weighted by Gasteiger charge is 2.32. The molecule has 0 radical (unpaired) electrons. The van der Waals surface area contributed by atoms with Gasteiger partial charge < -0.3 is 4.74 Å². The molecule has 23 heavy (non-hydrogen) atoms. The smallest absolute Gasteiger partial charge is 0.268 e. The minimum absolute atomic E-state index is 0.0536.